The Morgan fingerprint density at radius 1 is 1.30 bits per heavy atom. The van der Waals surface area contributed by atoms with Gasteiger partial charge in [0, 0.05) is 6.92 Å². The third kappa shape index (κ3) is 7010. The molecule has 0 saturated heterocycles. The first kappa shape index (κ1) is 16.4. The Balaban J connectivity index is -0.0000000910. The average molecular weight is 210 g/mol. The molecule has 0 aliphatic heterocycles. The molecule has 0 aliphatic carbocycles. The first-order chi connectivity index (χ1) is 3.73. The summed E-state index contributed by atoms with van der Waals surface area (Å²) in [6.07, 6.45) is 0. The van der Waals surface area contributed by atoms with Crippen LogP contribution in [0.15, 0.2) is 0 Å². The van der Waals surface area contributed by atoms with Gasteiger partial charge in [-0.1, -0.05) is 0 Å². The molecule has 0 aromatic heterocycles. The number of aliphatic carboxylic acids is 1. The summed E-state index contributed by atoms with van der Waals surface area (Å²) in [4.78, 5) is 9.00. The second-order valence-electron chi connectivity index (χ2n) is 1.01. The van der Waals surface area contributed by atoms with E-state index in [1.54, 1.807) is 0 Å². The van der Waals surface area contributed by atoms with Crippen LogP contribution in [0.3, 0.4) is 0 Å². The topological polar surface area (TPSA) is 37.3 Å². The van der Waals surface area contributed by atoms with Crippen LogP contribution in [0.25, 0.3) is 0 Å². The Morgan fingerprint density at radius 2 is 1.30 bits per heavy atom. The zero-order valence-corrected chi connectivity index (χ0v) is 5.69. The van der Waals surface area contributed by atoms with Gasteiger partial charge in [0.25, 0.3) is 5.97 Å². The fraction of sp³-hybridized carbons (Fsp3) is 0.500. The summed E-state index contributed by atoms with van der Waals surface area (Å²) in [5.74, 6) is -0.833. The molecule has 2 nitrogen and oxygen atoms in total. The third-order valence-corrected chi connectivity index (χ3v) is 0. The van der Waals surface area contributed by atoms with Crippen molar-refractivity contribution >= 4 is 13.2 Å². The van der Waals surface area contributed by atoms with Crippen LogP contribution < -0.4 is 0 Å². The minimum Gasteiger partial charge on any atom is -0.481 e. The quantitative estimate of drug-likeness (QED) is 0.484. The van der Waals surface area contributed by atoms with E-state index in [9.17, 15) is 17.3 Å². The molecule has 0 heterocycles. The zero-order valence-electron chi connectivity index (χ0n) is 4.75. The molecule has 0 rings (SSSR count). The first-order valence-corrected chi connectivity index (χ1v) is 1.80. The number of hydrogen-bond acceptors (Lipinski definition) is 1. The van der Waals surface area contributed by atoms with Crippen molar-refractivity contribution in [3.8, 4) is 0 Å². The van der Waals surface area contributed by atoms with Crippen molar-refractivity contribution in [3.05, 3.63) is 0 Å². The van der Waals surface area contributed by atoms with Crippen molar-refractivity contribution < 1.29 is 44.2 Å². The Morgan fingerprint density at radius 3 is 1.30 bits per heavy atom. The van der Waals surface area contributed by atoms with Gasteiger partial charge in [0.2, 0.25) is 0 Å². The van der Waals surface area contributed by atoms with E-state index in [1.165, 1.54) is 0 Å². The normalized spacial score (nSPS) is 8.50. The molecular formula is C2H4BCuF4O2. The van der Waals surface area contributed by atoms with Crippen molar-refractivity contribution in [2.45, 2.75) is 6.92 Å². The maximum absolute atomic E-state index is 9.75. The molecule has 66 valence electrons. The summed E-state index contributed by atoms with van der Waals surface area (Å²) in [6, 6.07) is 0. The van der Waals surface area contributed by atoms with Gasteiger partial charge < -0.3 is 22.4 Å². The molecule has 1 N–H and O–H groups in total. The maximum Gasteiger partial charge on any atom is 1.00 e. The summed E-state index contributed by atoms with van der Waals surface area (Å²) < 4.78 is 39.0. The van der Waals surface area contributed by atoms with Gasteiger partial charge in [-0.25, -0.2) is 0 Å². The molecule has 0 atom stereocenters. The second kappa shape index (κ2) is 6.89. The minimum atomic E-state index is -6.00. The van der Waals surface area contributed by atoms with Gasteiger partial charge in [0.1, 0.15) is 0 Å². The van der Waals surface area contributed by atoms with E-state index in [0.29, 0.717) is 0 Å². The van der Waals surface area contributed by atoms with Crippen LogP contribution in [0.4, 0.5) is 17.3 Å². The van der Waals surface area contributed by atoms with Crippen molar-refractivity contribution in [1.29, 1.82) is 0 Å². The van der Waals surface area contributed by atoms with E-state index in [-0.39, 0.29) is 17.1 Å². The molecule has 0 unspecified atom stereocenters. The molecule has 0 amide bonds. The molecule has 10 heavy (non-hydrogen) atoms. The van der Waals surface area contributed by atoms with Gasteiger partial charge in [-0.2, -0.15) is 0 Å². The van der Waals surface area contributed by atoms with Gasteiger partial charge in [-0.3, -0.25) is 4.79 Å². The molecule has 0 radical (unpaired) electrons. The fourth-order valence-corrected chi connectivity index (χ4v) is 0. The Labute approximate surface area is 65.2 Å². The molecule has 0 bridgehead atoms. The van der Waals surface area contributed by atoms with Gasteiger partial charge in [0.15, 0.2) is 0 Å². The van der Waals surface area contributed by atoms with Crippen LogP contribution in [0.2, 0.25) is 0 Å². The predicted octanol–water partition coefficient (Wildman–Crippen LogP) is 1.39. The maximum atomic E-state index is 9.75. The van der Waals surface area contributed by atoms with E-state index in [0.717, 1.165) is 6.92 Å². The van der Waals surface area contributed by atoms with Crippen molar-refractivity contribution in [2.24, 2.45) is 0 Å². The minimum absolute atomic E-state index is 0. The van der Waals surface area contributed by atoms with Crippen LogP contribution in [-0.2, 0) is 21.9 Å². The van der Waals surface area contributed by atoms with E-state index in [2.05, 4.69) is 0 Å². The van der Waals surface area contributed by atoms with Crippen LogP contribution in [-0.4, -0.2) is 18.3 Å². The summed E-state index contributed by atoms with van der Waals surface area (Å²) in [5.41, 5.74) is 0. The van der Waals surface area contributed by atoms with Crippen molar-refractivity contribution in [1.82, 2.24) is 0 Å². The molecule has 0 saturated carbocycles. The monoisotopic (exact) mass is 210 g/mol. The first-order valence-electron chi connectivity index (χ1n) is 1.80. The summed E-state index contributed by atoms with van der Waals surface area (Å²) in [5, 5.41) is 7.42. The molecular weight excluding hydrogens is 206 g/mol. The van der Waals surface area contributed by atoms with E-state index < -0.39 is 13.2 Å². The predicted molar refractivity (Wildman–Crippen MR) is 23.5 cm³/mol. The number of carbonyl (C=O) groups is 1. The fourth-order valence-electron chi connectivity index (χ4n) is 0. The Hall–Kier alpha value is -0.226. The Kier molecular flexibility index (Phi) is 11.3. The van der Waals surface area contributed by atoms with Crippen LogP contribution in [0, 0.1) is 0 Å². The molecule has 0 spiro atoms. The number of carboxylic acids is 1. The SMILES string of the molecule is CC(=O)O.F[B-](F)(F)F.[Cu+]. The van der Waals surface area contributed by atoms with Crippen molar-refractivity contribution in [3.63, 3.8) is 0 Å². The molecule has 0 aromatic rings. The molecule has 0 aromatic carbocycles. The Bertz CT molecular complexity index is 83.7. The molecule has 0 aliphatic rings. The van der Waals surface area contributed by atoms with E-state index >= 15 is 0 Å². The van der Waals surface area contributed by atoms with E-state index in [1.807, 2.05) is 0 Å². The van der Waals surface area contributed by atoms with E-state index in [4.69, 9.17) is 9.90 Å². The van der Waals surface area contributed by atoms with Crippen LogP contribution in [0.1, 0.15) is 6.92 Å². The molecule has 0 fully saturated rings. The third-order valence-electron chi connectivity index (χ3n) is 0. The summed E-state index contributed by atoms with van der Waals surface area (Å²) in [7, 11) is -6.00. The number of hydrogen-bond donors (Lipinski definition) is 1. The second-order valence-corrected chi connectivity index (χ2v) is 1.01. The van der Waals surface area contributed by atoms with Crippen molar-refractivity contribution in [2.75, 3.05) is 0 Å². The van der Waals surface area contributed by atoms with Gasteiger partial charge in [0.05, 0.1) is 0 Å². The number of carboxylic acid groups (broad SMARTS) is 1. The average Bonchev–Trinajstić information content (AvgIpc) is 1.19. The standard InChI is InChI=1S/C2H4O2.BF4.Cu/c1-2(3)4;2-1(3,4)5;/h1H3,(H,3,4);;/q;-1;+1. The van der Waals surface area contributed by atoms with Gasteiger partial charge in [-0.15, -0.1) is 0 Å². The van der Waals surface area contributed by atoms with Gasteiger partial charge in [-0.05, 0) is 0 Å². The largest absolute Gasteiger partial charge is 1.00 e. The van der Waals surface area contributed by atoms with Gasteiger partial charge >= 0.3 is 24.3 Å². The zero-order chi connectivity index (χ0) is 8.08. The molecule has 8 heteroatoms. The number of rotatable bonds is 0. The summed E-state index contributed by atoms with van der Waals surface area (Å²) in [6.45, 7) is 1.08. The number of halogens is 4. The summed E-state index contributed by atoms with van der Waals surface area (Å²) >= 11 is 0. The van der Waals surface area contributed by atoms with Crippen LogP contribution >= 0.6 is 0 Å². The smallest absolute Gasteiger partial charge is 0.481 e. The van der Waals surface area contributed by atoms with Crippen LogP contribution in [0.5, 0.6) is 0 Å².